The largest absolute Gasteiger partial charge is 0.367 e. The molecule has 2 atom stereocenters. The van der Waals surface area contributed by atoms with Crippen molar-refractivity contribution in [2.24, 2.45) is 0 Å². The first-order valence-electron chi connectivity index (χ1n) is 13.6. The molecule has 6 nitrogen and oxygen atoms in total. The topological polar surface area (TPSA) is 53.8 Å². The molecule has 0 aliphatic carbocycles. The molecule has 10 heteroatoms. The standard InChI is InChI=1S/C31H31ClF3N5O/c32-27-11-10-25(33)16-24(27)20-40(31(34)35)26-17-29(39(21-26)19-22-6-2-1-3-7-22)30(41)38-14-12-37(13-15-38)28-9-5-4-8-23(28)18-36/h1-11,16,26,29,31H,12-15,17,19-21H2/t26-,29-/m0/s1. The zero-order valence-corrected chi connectivity index (χ0v) is 23.2. The Labute approximate surface area is 243 Å². The van der Waals surface area contributed by atoms with Gasteiger partial charge in [-0.3, -0.25) is 9.69 Å². The number of alkyl halides is 2. The molecule has 2 heterocycles. The third-order valence-corrected chi connectivity index (χ3v) is 8.30. The number of halogens is 4. The van der Waals surface area contributed by atoms with E-state index in [0.717, 1.165) is 16.2 Å². The monoisotopic (exact) mass is 581 g/mol. The second-order valence-electron chi connectivity index (χ2n) is 10.4. The number of piperazine rings is 1. The maximum absolute atomic E-state index is 14.4. The number of para-hydroxylation sites is 1. The Morgan fingerprint density at radius 1 is 1.02 bits per heavy atom. The Bertz CT molecular complexity index is 1390. The van der Waals surface area contributed by atoms with Gasteiger partial charge in [-0.2, -0.15) is 14.0 Å². The average Bonchev–Trinajstić information content (AvgIpc) is 3.40. The van der Waals surface area contributed by atoms with Crippen LogP contribution >= 0.6 is 11.6 Å². The fraction of sp³-hybridized carbons (Fsp3) is 0.355. The van der Waals surface area contributed by atoms with Gasteiger partial charge in [0.2, 0.25) is 5.91 Å². The van der Waals surface area contributed by atoms with Gasteiger partial charge in [-0.15, -0.1) is 0 Å². The van der Waals surface area contributed by atoms with Crippen LogP contribution in [0.1, 0.15) is 23.1 Å². The van der Waals surface area contributed by atoms with Crippen LogP contribution in [0.15, 0.2) is 72.8 Å². The molecule has 2 aliphatic rings. The Morgan fingerprint density at radius 3 is 2.44 bits per heavy atom. The van der Waals surface area contributed by atoms with E-state index in [-0.39, 0.29) is 36.0 Å². The molecule has 0 unspecified atom stereocenters. The minimum absolute atomic E-state index is 0.0883. The zero-order valence-electron chi connectivity index (χ0n) is 22.5. The summed E-state index contributed by atoms with van der Waals surface area (Å²) < 4.78 is 42.7. The van der Waals surface area contributed by atoms with Gasteiger partial charge in [0.05, 0.1) is 17.3 Å². The number of carbonyl (C=O) groups excluding carboxylic acids is 1. The summed E-state index contributed by atoms with van der Waals surface area (Å²) in [7, 11) is 0. The molecule has 2 fully saturated rings. The highest BCUT2D eigenvalue weighted by atomic mass is 35.5. The van der Waals surface area contributed by atoms with Crippen molar-refractivity contribution in [3.05, 3.63) is 100 Å². The minimum Gasteiger partial charge on any atom is -0.367 e. The molecule has 0 spiro atoms. The molecule has 0 radical (unpaired) electrons. The van der Waals surface area contributed by atoms with E-state index >= 15 is 0 Å². The summed E-state index contributed by atoms with van der Waals surface area (Å²) in [6.45, 7) is -0.251. The smallest absolute Gasteiger partial charge is 0.295 e. The summed E-state index contributed by atoms with van der Waals surface area (Å²) in [5, 5.41) is 9.71. The number of hydrogen-bond donors (Lipinski definition) is 0. The van der Waals surface area contributed by atoms with Crippen LogP contribution in [0.4, 0.5) is 18.9 Å². The molecule has 41 heavy (non-hydrogen) atoms. The molecule has 2 saturated heterocycles. The maximum Gasteiger partial charge on any atom is 0.295 e. The van der Waals surface area contributed by atoms with Crippen molar-refractivity contribution < 1.29 is 18.0 Å². The Kier molecular flexibility index (Phi) is 9.13. The van der Waals surface area contributed by atoms with Gasteiger partial charge in [-0.05, 0) is 47.9 Å². The number of nitriles is 1. The second kappa shape index (κ2) is 12.9. The lowest BCUT2D eigenvalue weighted by atomic mass is 10.1. The summed E-state index contributed by atoms with van der Waals surface area (Å²) in [4.78, 5) is 20.8. The van der Waals surface area contributed by atoms with Crippen molar-refractivity contribution in [2.45, 2.75) is 38.1 Å². The van der Waals surface area contributed by atoms with E-state index in [1.165, 1.54) is 18.2 Å². The number of hydrogen-bond acceptors (Lipinski definition) is 5. The van der Waals surface area contributed by atoms with Crippen LogP contribution in [0.2, 0.25) is 5.02 Å². The lowest BCUT2D eigenvalue weighted by Crippen LogP contribution is -2.53. The molecule has 0 bridgehead atoms. The van der Waals surface area contributed by atoms with Crippen LogP contribution in [0.3, 0.4) is 0 Å². The van der Waals surface area contributed by atoms with Gasteiger partial charge < -0.3 is 9.80 Å². The molecular weight excluding hydrogens is 551 g/mol. The van der Waals surface area contributed by atoms with Crippen molar-refractivity contribution in [3.63, 3.8) is 0 Å². The predicted molar refractivity (Wildman–Crippen MR) is 152 cm³/mol. The summed E-state index contributed by atoms with van der Waals surface area (Å²) >= 11 is 6.21. The van der Waals surface area contributed by atoms with Gasteiger partial charge in [-0.25, -0.2) is 9.29 Å². The molecule has 0 N–H and O–H groups in total. The zero-order chi connectivity index (χ0) is 28.9. The van der Waals surface area contributed by atoms with E-state index in [1.54, 1.807) is 11.0 Å². The number of carbonyl (C=O) groups is 1. The van der Waals surface area contributed by atoms with E-state index in [4.69, 9.17) is 11.6 Å². The van der Waals surface area contributed by atoms with Crippen molar-refractivity contribution in [3.8, 4) is 6.07 Å². The highest BCUT2D eigenvalue weighted by Crippen LogP contribution is 2.31. The van der Waals surface area contributed by atoms with Gasteiger partial charge in [0.25, 0.3) is 6.55 Å². The number of rotatable bonds is 8. The molecule has 0 saturated carbocycles. The van der Waals surface area contributed by atoms with Crippen LogP contribution in [0, 0.1) is 17.1 Å². The number of nitrogens with zero attached hydrogens (tertiary/aromatic N) is 5. The quantitative estimate of drug-likeness (QED) is 0.335. The van der Waals surface area contributed by atoms with Crippen LogP contribution < -0.4 is 4.90 Å². The third-order valence-electron chi connectivity index (χ3n) is 7.93. The summed E-state index contributed by atoms with van der Waals surface area (Å²) in [6, 6.07) is 21.8. The Morgan fingerprint density at radius 2 is 1.73 bits per heavy atom. The molecule has 3 aromatic carbocycles. The molecule has 214 valence electrons. The predicted octanol–water partition coefficient (Wildman–Crippen LogP) is 5.37. The Balaban J connectivity index is 1.33. The lowest BCUT2D eigenvalue weighted by molar-refractivity contribution is -0.136. The number of likely N-dealkylation sites (tertiary alicyclic amines) is 1. The van der Waals surface area contributed by atoms with E-state index < -0.39 is 24.5 Å². The highest BCUT2D eigenvalue weighted by Gasteiger charge is 2.43. The van der Waals surface area contributed by atoms with E-state index in [9.17, 15) is 23.2 Å². The minimum atomic E-state index is -2.81. The first-order chi connectivity index (χ1) is 19.8. The average molecular weight is 582 g/mol. The van der Waals surface area contributed by atoms with Gasteiger partial charge in [-0.1, -0.05) is 54.1 Å². The van der Waals surface area contributed by atoms with Crippen molar-refractivity contribution in [2.75, 3.05) is 37.6 Å². The first-order valence-corrected chi connectivity index (χ1v) is 14.0. The van der Waals surface area contributed by atoms with Gasteiger partial charge >= 0.3 is 0 Å². The van der Waals surface area contributed by atoms with Crippen molar-refractivity contribution in [1.82, 2.24) is 14.7 Å². The van der Waals surface area contributed by atoms with E-state index in [2.05, 4.69) is 11.0 Å². The molecule has 2 aliphatic heterocycles. The SMILES string of the molecule is N#Cc1ccccc1N1CCN(C(=O)[C@@H]2C[C@H](N(Cc3cc(F)ccc3Cl)C(F)F)CN2Cc2ccccc2)CC1. The van der Waals surface area contributed by atoms with Gasteiger partial charge in [0, 0.05) is 56.9 Å². The van der Waals surface area contributed by atoms with E-state index in [0.29, 0.717) is 38.3 Å². The second-order valence-corrected chi connectivity index (χ2v) is 10.9. The summed E-state index contributed by atoms with van der Waals surface area (Å²) in [6.07, 6.45) is 0.223. The van der Waals surface area contributed by atoms with Crippen LogP contribution in [0.5, 0.6) is 0 Å². The summed E-state index contributed by atoms with van der Waals surface area (Å²) in [5.74, 6) is -0.630. The van der Waals surface area contributed by atoms with Gasteiger partial charge in [0.15, 0.2) is 0 Å². The first kappa shape index (κ1) is 28.9. The Hall–Kier alpha value is -3.58. The fourth-order valence-corrected chi connectivity index (χ4v) is 5.99. The normalized spacial score (nSPS) is 19.6. The molecular formula is C31H31ClF3N5O. The van der Waals surface area contributed by atoms with Crippen LogP contribution in [-0.4, -0.2) is 72.0 Å². The lowest BCUT2D eigenvalue weighted by Gasteiger charge is -2.38. The van der Waals surface area contributed by atoms with Crippen molar-refractivity contribution in [1.29, 1.82) is 5.26 Å². The number of anilines is 1. The van der Waals surface area contributed by atoms with E-state index in [1.807, 2.05) is 53.4 Å². The third kappa shape index (κ3) is 6.67. The fourth-order valence-electron chi connectivity index (χ4n) is 5.81. The summed E-state index contributed by atoms with van der Waals surface area (Å²) in [5.41, 5.74) is 2.70. The number of amides is 1. The highest BCUT2D eigenvalue weighted by molar-refractivity contribution is 6.31. The van der Waals surface area contributed by atoms with Gasteiger partial charge in [0.1, 0.15) is 11.9 Å². The molecule has 5 rings (SSSR count). The van der Waals surface area contributed by atoms with Crippen LogP contribution in [-0.2, 0) is 17.9 Å². The molecule has 1 amide bonds. The van der Waals surface area contributed by atoms with Crippen molar-refractivity contribution >= 4 is 23.2 Å². The molecule has 3 aromatic rings. The maximum atomic E-state index is 14.4. The van der Waals surface area contributed by atoms with Crippen LogP contribution in [0.25, 0.3) is 0 Å². The number of benzene rings is 3. The molecule has 0 aromatic heterocycles.